The minimum absolute atomic E-state index is 0.0772. The fourth-order valence-electron chi connectivity index (χ4n) is 2.60. The van der Waals surface area contributed by atoms with Gasteiger partial charge < -0.3 is 15.2 Å². The molecule has 0 aromatic carbocycles. The molecule has 0 spiro atoms. The lowest BCUT2D eigenvalue weighted by Crippen LogP contribution is -2.40. The Labute approximate surface area is 135 Å². The lowest BCUT2D eigenvalue weighted by Gasteiger charge is -2.27. The second-order valence-electron chi connectivity index (χ2n) is 5.59. The number of hydrogen-bond acceptors (Lipinski definition) is 4. The highest BCUT2D eigenvalue weighted by atomic mass is 19.4. The van der Waals surface area contributed by atoms with Gasteiger partial charge in [0.15, 0.2) is 5.69 Å². The van der Waals surface area contributed by atoms with Crippen LogP contribution in [0.3, 0.4) is 0 Å². The predicted octanol–water partition coefficient (Wildman–Crippen LogP) is 1.15. The number of nitrogens with one attached hydrogen (secondary N) is 1. The molecule has 0 aliphatic carbocycles. The number of ether oxygens (including phenoxy) is 1. The number of alkyl halides is 3. The molecule has 1 fully saturated rings. The number of aliphatic carboxylic acids is 1. The first-order chi connectivity index (χ1) is 11.3. The molecule has 1 aromatic heterocycles. The Hall–Kier alpha value is -2.10. The quantitative estimate of drug-likeness (QED) is 0.803. The van der Waals surface area contributed by atoms with Gasteiger partial charge in [-0.1, -0.05) is 0 Å². The Balaban J connectivity index is 1.86. The number of nitrogens with zero attached hydrogens (tertiary/aromatic N) is 2. The largest absolute Gasteiger partial charge is 0.481 e. The maximum absolute atomic E-state index is 12.4. The standard InChI is InChI=1S/C14H18F3N3O4/c15-14(16,17)11-1-4-20(19-11)8-12(21)18-7-10(13(22)23)9-2-5-24-6-3-9/h1,4,9-10H,2-3,5-8H2,(H,18,21)(H,22,23). The van der Waals surface area contributed by atoms with Crippen LogP contribution >= 0.6 is 0 Å². The molecule has 0 radical (unpaired) electrons. The molecule has 1 aliphatic heterocycles. The number of aromatic nitrogens is 2. The molecule has 1 saturated heterocycles. The van der Waals surface area contributed by atoms with E-state index >= 15 is 0 Å². The van der Waals surface area contributed by atoms with E-state index in [1.165, 1.54) is 0 Å². The van der Waals surface area contributed by atoms with E-state index in [4.69, 9.17) is 4.74 Å². The van der Waals surface area contributed by atoms with Crippen LogP contribution in [0.25, 0.3) is 0 Å². The van der Waals surface area contributed by atoms with E-state index in [1.54, 1.807) is 0 Å². The highest BCUT2D eigenvalue weighted by molar-refractivity contribution is 5.77. The third-order valence-electron chi connectivity index (χ3n) is 3.91. The fourth-order valence-corrected chi connectivity index (χ4v) is 2.60. The van der Waals surface area contributed by atoms with Crippen LogP contribution in [0.4, 0.5) is 13.2 Å². The minimum Gasteiger partial charge on any atom is -0.481 e. The third kappa shape index (κ3) is 4.95. The average molecular weight is 349 g/mol. The van der Waals surface area contributed by atoms with Crippen LogP contribution < -0.4 is 5.32 Å². The van der Waals surface area contributed by atoms with E-state index < -0.39 is 36.2 Å². The van der Waals surface area contributed by atoms with E-state index in [1.807, 2.05) is 0 Å². The molecule has 10 heteroatoms. The zero-order valence-corrected chi connectivity index (χ0v) is 12.8. The van der Waals surface area contributed by atoms with Gasteiger partial charge in [0.25, 0.3) is 0 Å². The van der Waals surface area contributed by atoms with Crippen molar-refractivity contribution in [3.63, 3.8) is 0 Å². The molecule has 1 atom stereocenters. The van der Waals surface area contributed by atoms with E-state index in [0.29, 0.717) is 26.1 Å². The Morgan fingerprint density at radius 3 is 2.62 bits per heavy atom. The number of amides is 1. The second-order valence-corrected chi connectivity index (χ2v) is 5.59. The van der Waals surface area contributed by atoms with Crippen LogP contribution in [0, 0.1) is 11.8 Å². The summed E-state index contributed by atoms with van der Waals surface area (Å²) in [6.07, 6.45) is -2.32. The van der Waals surface area contributed by atoms with Crippen molar-refractivity contribution in [1.82, 2.24) is 15.1 Å². The Kier molecular flexibility index (Phi) is 5.81. The molecule has 0 bridgehead atoms. The normalized spacial score (nSPS) is 17.5. The van der Waals surface area contributed by atoms with Crippen molar-refractivity contribution in [2.24, 2.45) is 11.8 Å². The number of carbonyl (C=O) groups is 2. The number of rotatable bonds is 6. The smallest absolute Gasteiger partial charge is 0.435 e. The van der Waals surface area contributed by atoms with Gasteiger partial charge in [-0.25, -0.2) is 0 Å². The first-order valence-corrected chi connectivity index (χ1v) is 7.45. The van der Waals surface area contributed by atoms with Gasteiger partial charge >= 0.3 is 12.1 Å². The van der Waals surface area contributed by atoms with Gasteiger partial charge in [0.05, 0.1) is 5.92 Å². The first kappa shape index (κ1) is 18.2. The Morgan fingerprint density at radius 1 is 1.42 bits per heavy atom. The van der Waals surface area contributed by atoms with E-state index in [0.717, 1.165) is 16.9 Å². The highest BCUT2D eigenvalue weighted by Gasteiger charge is 2.34. The van der Waals surface area contributed by atoms with Crippen LogP contribution in [0.2, 0.25) is 0 Å². The van der Waals surface area contributed by atoms with Crippen molar-refractivity contribution >= 4 is 11.9 Å². The predicted molar refractivity (Wildman–Crippen MR) is 74.9 cm³/mol. The maximum atomic E-state index is 12.4. The van der Waals surface area contributed by atoms with E-state index in [2.05, 4.69) is 10.4 Å². The number of halogens is 3. The topological polar surface area (TPSA) is 93.5 Å². The van der Waals surface area contributed by atoms with Gasteiger partial charge in [-0.05, 0) is 24.8 Å². The number of carboxylic acid groups (broad SMARTS) is 1. The van der Waals surface area contributed by atoms with Crippen molar-refractivity contribution in [3.8, 4) is 0 Å². The summed E-state index contributed by atoms with van der Waals surface area (Å²) < 4.78 is 43.3. The molecule has 1 amide bonds. The summed E-state index contributed by atoms with van der Waals surface area (Å²) >= 11 is 0. The molecular weight excluding hydrogens is 331 g/mol. The fraction of sp³-hybridized carbons (Fsp3) is 0.643. The molecule has 0 saturated carbocycles. The maximum Gasteiger partial charge on any atom is 0.435 e. The zero-order valence-electron chi connectivity index (χ0n) is 12.8. The summed E-state index contributed by atoms with van der Waals surface area (Å²) in [5.41, 5.74) is -1.08. The summed E-state index contributed by atoms with van der Waals surface area (Å²) in [5, 5.41) is 15.0. The van der Waals surface area contributed by atoms with Gasteiger partial charge in [0.2, 0.25) is 5.91 Å². The van der Waals surface area contributed by atoms with Gasteiger partial charge in [-0.2, -0.15) is 18.3 Å². The number of hydrogen-bond donors (Lipinski definition) is 2. The van der Waals surface area contributed by atoms with Gasteiger partial charge in [-0.15, -0.1) is 0 Å². The van der Waals surface area contributed by atoms with Crippen molar-refractivity contribution < 1.29 is 32.6 Å². The molecule has 1 aromatic rings. The molecule has 7 nitrogen and oxygen atoms in total. The summed E-state index contributed by atoms with van der Waals surface area (Å²) in [6.45, 7) is 0.480. The monoisotopic (exact) mass is 349 g/mol. The van der Waals surface area contributed by atoms with E-state index in [9.17, 15) is 27.9 Å². The van der Waals surface area contributed by atoms with Gasteiger partial charge in [0.1, 0.15) is 6.54 Å². The zero-order chi connectivity index (χ0) is 17.7. The molecular formula is C14H18F3N3O4. The Morgan fingerprint density at radius 2 is 2.08 bits per heavy atom. The molecule has 2 rings (SSSR count). The van der Waals surface area contributed by atoms with Crippen LogP contribution in [0.1, 0.15) is 18.5 Å². The molecule has 2 heterocycles. The molecule has 1 aliphatic rings. The van der Waals surface area contributed by atoms with Crippen molar-refractivity contribution in [2.45, 2.75) is 25.6 Å². The molecule has 1 unspecified atom stereocenters. The van der Waals surface area contributed by atoms with Crippen molar-refractivity contribution in [1.29, 1.82) is 0 Å². The van der Waals surface area contributed by atoms with Crippen molar-refractivity contribution in [2.75, 3.05) is 19.8 Å². The lowest BCUT2D eigenvalue weighted by molar-refractivity contribution is -0.145. The molecule has 24 heavy (non-hydrogen) atoms. The lowest BCUT2D eigenvalue weighted by atomic mass is 9.86. The second kappa shape index (κ2) is 7.65. The number of carbonyl (C=O) groups excluding carboxylic acids is 1. The third-order valence-corrected chi connectivity index (χ3v) is 3.91. The van der Waals surface area contributed by atoms with Gasteiger partial charge in [-0.3, -0.25) is 14.3 Å². The van der Waals surface area contributed by atoms with Gasteiger partial charge in [0, 0.05) is 26.0 Å². The summed E-state index contributed by atoms with van der Waals surface area (Å²) in [6, 6.07) is 0.773. The average Bonchev–Trinajstić information content (AvgIpc) is 2.97. The summed E-state index contributed by atoms with van der Waals surface area (Å²) in [4.78, 5) is 23.2. The van der Waals surface area contributed by atoms with Crippen LogP contribution in [-0.2, 0) is 27.0 Å². The molecule has 134 valence electrons. The van der Waals surface area contributed by atoms with Crippen LogP contribution in [0.5, 0.6) is 0 Å². The van der Waals surface area contributed by atoms with Crippen molar-refractivity contribution in [3.05, 3.63) is 18.0 Å². The molecule has 2 N–H and O–H groups in total. The SMILES string of the molecule is O=C(Cn1ccc(C(F)(F)F)n1)NCC(C(=O)O)C1CCOCC1. The Bertz CT molecular complexity index is 582. The first-order valence-electron chi connectivity index (χ1n) is 7.45. The van der Waals surface area contributed by atoms with Crippen LogP contribution in [-0.4, -0.2) is 46.5 Å². The van der Waals surface area contributed by atoms with E-state index in [-0.39, 0.29) is 12.5 Å². The number of carboxylic acids is 1. The summed E-state index contributed by atoms with van der Waals surface area (Å²) in [7, 11) is 0. The minimum atomic E-state index is -4.57. The van der Waals surface area contributed by atoms with Crippen LogP contribution in [0.15, 0.2) is 12.3 Å². The highest BCUT2D eigenvalue weighted by Crippen LogP contribution is 2.27. The summed E-state index contributed by atoms with van der Waals surface area (Å²) in [5.74, 6) is -2.45.